The first-order valence-corrected chi connectivity index (χ1v) is 8.10. The van der Waals surface area contributed by atoms with Gasteiger partial charge in [0.2, 0.25) is 0 Å². The number of rotatable bonds is 2. The molecule has 2 fully saturated rings. The second-order valence-electron chi connectivity index (χ2n) is 6.88. The number of hydrogen-bond acceptors (Lipinski definition) is 3. The monoisotopic (exact) mass is 328 g/mol. The number of benzene rings is 1. The predicted octanol–water partition coefficient (Wildman–Crippen LogP) is 2.56. The van der Waals surface area contributed by atoms with E-state index in [2.05, 4.69) is 10.2 Å². The molecule has 1 aromatic carbocycles. The Morgan fingerprint density at radius 2 is 2.13 bits per heavy atom. The van der Waals surface area contributed by atoms with Gasteiger partial charge in [0, 0.05) is 32.1 Å². The van der Waals surface area contributed by atoms with E-state index < -0.39 is 17.3 Å². The van der Waals surface area contributed by atoms with Gasteiger partial charge >= 0.3 is 6.18 Å². The van der Waals surface area contributed by atoms with Gasteiger partial charge in [-0.3, -0.25) is 4.90 Å². The Labute approximate surface area is 134 Å². The molecule has 2 aliphatic rings. The summed E-state index contributed by atoms with van der Waals surface area (Å²) >= 11 is 0. The molecule has 0 aromatic heterocycles. The largest absolute Gasteiger partial charge is 0.416 e. The van der Waals surface area contributed by atoms with E-state index in [0.717, 1.165) is 44.2 Å². The Morgan fingerprint density at radius 3 is 2.87 bits per heavy atom. The lowest BCUT2D eigenvalue weighted by atomic mass is 9.76. The van der Waals surface area contributed by atoms with E-state index in [1.165, 1.54) is 6.07 Å². The number of hydrogen-bond donors (Lipinski definition) is 2. The summed E-state index contributed by atoms with van der Waals surface area (Å²) in [6.07, 6.45) is -2.86. The van der Waals surface area contributed by atoms with Crippen LogP contribution < -0.4 is 5.32 Å². The van der Waals surface area contributed by atoms with Gasteiger partial charge in [-0.15, -0.1) is 0 Å². The van der Waals surface area contributed by atoms with E-state index in [0.29, 0.717) is 18.5 Å². The Balaban J connectivity index is 1.73. The number of alkyl halides is 3. The molecule has 128 valence electrons. The summed E-state index contributed by atoms with van der Waals surface area (Å²) in [5, 5.41) is 14.0. The molecule has 0 bridgehead atoms. The van der Waals surface area contributed by atoms with Crippen LogP contribution in [0.1, 0.15) is 29.5 Å². The Hall–Kier alpha value is -1.11. The molecule has 2 N–H and O–H groups in total. The number of halogens is 3. The van der Waals surface area contributed by atoms with Gasteiger partial charge in [-0.05, 0) is 49.6 Å². The number of nitrogens with one attached hydrogen (secondary N) is 1. The van der Waals surface area contributed by atoms with Gasteiger partial charge in [-0.25, -0.2) is 0 Å². The van der Waals surface area contributed by atoms with E-state index >= 15 is 0 Å². The number of fused-ring (bicyclic) bond motifs is 1. The van der Waals surface area contributed by atoms with Gasteiger partial charge in [-0.2, -0.15) is 13.2 Å². The zero-order valence-electron chi connectivity index (χ0n) is 13.3. The molecule has 0 radical (unpaired) electrons. The minimum atomic E-state index is -4.31. The van der Waals surface area contributed by atoms with Crippen LogP contribution in [0.4, 0.5) is 13.2 Å². The second-order valence-corrected chi connectivity index (χ2v) is 6.88. The molecule has 2 atom stereocenters. The predicted molar refractivity (Wildman–Crippen MR) is 82.0 cm³/mol. The molecular formula is C17H23F3N2O. The Bertz CT molecular complexity index is 575. The van der Waals surface area contributed by atoms with Crippen LogP contribution in [0.5, 0.6) is 0 Å². The lowest BCUT2D eigenvalue weighted by molar-refractivity contribution is -0.137. The average molecular weight is 328 g/mol. The van der Waals surface area contributed by atoms with E-state index in [1.54, 1.807) is 6.07 Å². The highest BCUT2D eigenvalue weighted by Gasteiger charge is 2.42. The van der Waals surface area contributed by atoms with Crippen LogP contribution >= 0.6 is 0 Å². The number of likely N-dealkylation sites (tertiary alicyclic amines) is 1. The zero-order chi connectivity index (χ0) is 16.7. The molecule has 2 saturated heterocycles. The first kappa shape index (κ1) is 16.7. The first-order valence-electron chi connectivity index (χ1n) is 8.10. The van der Waals surface area contributed by atoms with Crippen LogP contribution in [0.25, 0.3) is 0 Å². The fourth-order valence-electron chi connectivity index (χ4n) is 3.70. The van der Waals surface area contributed by atoms with Crippen molar-refractivity contribution >= 4 is 0 Å². The Kier molecular flexibility index (Phi) is 4.42. The molecule has 2 heterocycles. The van der Waals surface area contributed by atoms with Crippen molar-refractivity contribution in [3.05, 3.63) is 34.9 Å². The van der Waals surface area contributed by atoms with Crippen molar-refractivity contribution in [3.63, 3.8) is 0 Å². The van der Waals surface area contributed by atoms with Crippen molar-refractivity contribution in [1.29, 1.82) is 0 Å². The van der Waals surface area contributed by atoms with Gasteiger partial charge in [0.05, 0.1) is 11.2 Å². The van der Waals surface area contributed by atoms with Crippen LogP contribution in [-0.4, -0.2) is 41.8 Å². The highest BCUT2D eigenvalue weighted by atomic mass is 19.4. The number of aliphatic hydroxyl groups is 1. The van der Waals surface area contributed by atoms with Gasteiger partial charge in [0.25, 0.3) is 0 Å². The van der Waals surface area contributed by atoms with Crippen molar-refractivity contribution in [3.8, 4) is 0 Å². The molecule has 0 aliphatic carbocycles. The molecule has 0 amide bonds. The number of piperidine rings is 2. The van der Waals surface area contributed by atoms with Crippen molar-refractivity contribution in [2.24, 2.45) is 5.92 Å². The summed E-state index contributed by atoms with van der Waals surface area (Å²) in [6.45, 7) is 5.40. The highest BCUT2D eigenvalue weighted by Crippen LogP contribution is 2.34. The van der Waals surface area contributed by atoms with Crippen LogP contribution in [0.15, 0.2) is 18.2 Å². The summed E-state index contributed by atoms with van der Waals surface area (Å²) < 4.78 is 38.7. The smallest absolute Gasteiger partial charge is 0.389 e. The molecule has 6 heteroatoms. The van der Waals surface area contributed by atoms with E-state index in [1.807, 2.05) is 6.92 Å². The van der Waals surface area contributed by atoms with Crippen molar-refractivity contribution in [1.82, 2.24) is 10.2 Å². The Morgan fingerprint density at radius 1 is 1.35 bits per heavy atom. The maximum Gasteiger partial charge on any atom is 0.416 e. The van der Waals surface area contributed by atoms with E-state index in [-0.39, 0.29) is 5.92 Å². The van der Waals surface area contributed by atoms with Gasteiger partial charge < -0.3 is 10.4 Å². The molecule has 0 spiro atoms. The minimum Gasteiger partial charge on any atom is -0.389 e. The van der Waals surface area contributed by atoms with Gasteiger partial charge in [0.1, 0.15) is 0 Å². The highest BCUT2D eigenvalue weighted by molar-refractivity contribution is 5.32. The molecule has 3 nitrogen and oxygen atoms in total. The molecule has 23 heavy (non-hydrogen) atoms. The zero-order valence-corrected chi connectivity index (χ0v) is 13.3. The third kappa shape index (κ3) is 3.54. The SMILES string of the molecule is Cc1ccc(C(F)(F)F)cc1CN1CCC2(O)CCNCC2C1. The standard InChI is InChI=1S/C17H23F3N2O/c1-12-2-3-14(17(18,19)20)8-13(12)10-22-7-5-16(23)4-6-21-9-15(16)11-22/h2-3,8,15,21,23H,4-7,9-11H2,1H3. The summed E-state index contributed by atoms with van der Waals surface area (Å²) in [7, 11) is 0. The van der Waals surface area contributed by atoms with Crippen molar-refractivity contribution in [2.75, 3.05) is 26.2 Å². The van der Waals surface area contributed by atoms with Crippen molar-refractivity contribution in [2.45, 2.75) is 38.1 Å². The van der Waals surface area contributed by atoms with Crippen LogP contribution in [0.2, 0.25) is 0 Å². The normalized spacial score (nSPS) is 29.3. The van der Waals surface area contributed by atoms with Gasteiger partial charge in [0.15, 0.2) is 0 Å². The first-order chi connectivity index (χ1) is 10.8. The topological polar surface area (TPSA) is 35.5 Å². The molecular weight excluding hydrogens is 305 g/mol. The summed E-state index contributed by atoms with van der Waals surface area (Å²) in [4.78, 5) is 2.16. The second kappa shape index (κ2) is 6.07. The quantitative estimate of drug-likeness (QED) is 0.876. The molecule has 3 rings (SSSR count). The maximum absolute atomic E-state index is 12.9. The molecule has 1 aromatic rings. The van der Waals surface area contributed by atoms with Crippen molar-refractivity contribution < 1.29 is 18.3 Å². The lowest BCUT2D eigenvalue weighted by Crippen LogP contribution is -2.58. The summed E-state index contributed by atoms with van der Waals surface area (Å²) in [6, 6.07) is 3.94. The minimum absolute atomic E-state index is 0.149. The van der Waals surface area contributed by atoms with Crippen LogP contribution in [-0.2, 0) is 12.7 Å². The third-order valence-electron chi connectivity index (χ3n) is 5.30. The third-order valence-corrected chi connectivity index (χ3v) is 5.30. The summed E-state index contributed by atoms with van der Waals surface area (Å²) in [5.74, 6) is 0.149. The van der Waals surface area contributed by atoms with Crippen LogP contribution in [0, 0.1) is 12.8 Å². The molecule has 2 unspecified atom stereocenters. The number of aryl methyl sites for hydroxylation is 1. The number of nitrogens with zero attached hydrogens (tertiary/aromatic N) is 1. The molecule has 0 saturated carbocycles. The maximum atomic E-state index is 12.9. The van der Waals surface area contributed by atoms with E-state index in [9.17, 15) is 18.3 Å². The average Bonchev–Trinajstić information content (AvgIpc) is 2.48. The van der Waals surface area contributed by atoms with Gasteiger partial charge in [-0.1, -0.05) is 6.07 Å². The molecule has 2 aliphatic heterocycles. The van der Waals surface area contributed by atoms with E-state index in [4.69, 9.17) is 0 Å². The lowest BCUT2D eigenvalue weighted by Gasteiger charge is -2.47. The fourth-order valence-corrected chi connectivity index (χ4v) is 3.70. The summed E-state index contributed by atoms with van der Waals surface area (Å²) in [5.41, 5.74) is 0.394. The van der Waals surface area contributed by atoms with Crippen LogP contribution in [0.3, 0.4) is 0 Å². The fraction of sp³-hybridized carbons (Fsp3) is 0.647.